The fraction of sp³-hybridized carbons (Fsp3) is 0.294. The van der Waals surface area contributed by atoms with Crippen molar-refractivity contribution in [2.75, 3.05) is 11.4 Å². The Morgan fingerprint density at radius 1 is 1.20 bits per heavy atom. The molecule has 0 fully saturated rings. The predicted molar refractivity (Wildman–Crippen MR) is 88.6 cm³/mol. The van der Waals surface area contributed by atoms with Crippen LogP contribution in [-0.2, 0) is 0 Å². The van der Waals surface area contributed by atoms with Gasteiger partial charge in [-0.15, -0.1) is 0 Å². The van der Waals surface area contributed by atoms with Crippen molar-refractivity contribution in [3.05, 3.63) is 58.1 Å². The van der Waals surface area contributed by atoms with Gasteiger partial charge < -0.3 is 10.0 Å². The summed E-state index contributed by atoms with van der Waals surface area (Å²) in [6.07, 6.45) is -0.450. The Balaban J connectivity index is 2.42. The number of aliphatic hydroxyl groups excluding tert-OH is 1. The average molecular weight is 334 g/mol. The van der Waals surface area contributed by atoms with Crippen LogP contribution in [0.25, 0.3) is 0 Å². The Bertz CT molecular complexity index is 595. The van der Waals surface area contributed by atoms with E-state index in [0.717, 1.165) is 22.3 Å². The molecule has 20 heavy (non-hydrogen) atoms. The van der Waals surface area contributed by atoms with Gasteiger partial charge in [-0.2, -0.15) is 0 Å². The summed E-state index contributed by atoms with van der Waals surface area (Å²) in [4.78, 5) is 2.25. The molecular formula is C17H20BrNO. The van der Waals surface area contributed by atoms with Crippen molar-refractivity contribution >= 4 is 27.3 Å². The molecule has 0 amide bonds. The van der Waals surface area contributed by atoms with E-state index >= 15 is 0 Å². The molecular weight excluding hydrogens is 314 g/mol. The maximum atomic E-state index is 9.65. The highest BCUT2D eigenvalue weighted by Gasteiger charge is 2.12. The van der Waals surface area contributed by atoms with Gasteiger partial charge in [0.2, 0.25) is 0 Å². The summed E-state index contributed by atoms with van der Waals surface area (Å²) in [5, 5.41) is 9.65. The summed E-state index contributed by atoms with van der Waals surface area (Å²) < 4.78 is 0.999. The molecule has 0 bridgehead atoms. The standard InChI is InChI=1S/C17H20BrNO/c1-4-19(15-7-5-6-12(2)10-15)17-9-8-14(13(3)20)11-16(17)18/h5-11,13,20H,4H2,1-3H3/t13-/m0/s1. The topological polar surface area (TPSA) is 23.5 Å². The highest BCUT2D eigenvalue weighted by atomic mass is 79.9. The van der Waals surface area contributed by atoms with E-state index in [4.69, 9.17) is 0 Å². The second-order valence-electron chi connectivity index (χ2n) is 4.97. The molecule has 0 aliphatic carbocycles. The fourth-order valence-electron chi connectivity index (χ4n) is 2.29. The zero-order valence-corrected chi connectivity index (χ0v) is 13.7. The van der Waals surface area contributed by atoms with E-state index in [1.807, 2.05) is 12.1 Å². The maximum absolute atomic E-state index is 9.65. The molecule has 2 rings (SSSR count). The van der Waals surface area contributed by atoms with Crippen molar-refractivity contribution in [2.45, 2.75) is 26.9 Å². The average Bonchev–Trinajstić information content (AvgIpc) is 2.41. The highest BCUT2D eigenvalue weighted by molar-refractivity contribution is 9.10. The molecule has 1 N–H and O–H groups in total. The van der Waals surface area contributed by atoms with Gasteiger partial charge in [-0.25, -0.2) is 0 Å². The van der Waals surface area contributed by atoms with Crippen LogP contribution in [-0.4, -0.2) is 11.7 Å². The van der Waals surface area contributed by atoms with Crippen LogP contribution in [0.4, 0.5) is 11.4 Å². The van der Waals surface area contributed by atoms with E-state index in [-0.39, 0.29) is 0 Å². The van der Waals surface area contributed by atoms with Gasteiger partial charge in [-0.3, -0.25) is 0 Å². The Kier molecular flexibility index (Phi) is 4.84. The minimum Gasteiger partial charge on any atom is -0.389 e. The Hall–Kier alpha value is -1.32. The quantitative estimate of drug-likeness (QED) is 0.853. The molecule has 1 atom stereocenters. The second kappa shape index (κ2) is 6.42. The van der Waals surface area contributed by atoms with E-state index in [2.05, 4.69) is 65.0 Å². The minimum absolute atomic E-state index is 0.450. The van der Waals surface area contributed by atoms with E-state index in [9.17, 15) is 5.11 Å². The molecule has 0 spiro atoms. The van der Waals surface area contributed by atoms with Gasteiger partial charge in [0.25, 0.3) is 0 Å². The Morgan fingerprint density at radius 3 is 2.50 bits per heavy atom. The van der Waals surface area contributed by atoms with Crippen LogP contribution in [0.2, 0.25) is 0 Å². The lowest BCUT2D eigenvalue weighted by molar-refractivity contribution is 0.199. The lowest BCUT2D eigenvalue weighted by Crippen LogP contribution is -2.16. The number of hydrogen-bond donors (Lipinski definition) is 1. The SMILES string of the molecule is CCN(c1cccc(C)c1)c1ccc([C@H](C)O)cc1Br. The number of rotatable bonds is 4. The molecule has 0 unspecified atom stereocenters. The first-order valence-corrected chi connectivity index (χ1v) is 7.64. The Morgan fingerprint density at radius 2 is 1.95 bits per heavy atom. The van der Waals surface area contributed by atoms with Gasteiger partial charge in [0.1, 0.15) is 0 Å². The van der Waals surface area contributed by atoms with Gasteiger partial charge in [-0.1, -0.05) is 18.2 Å². The van der Waals surface area contributed by atoms with E-state index < -0.39 is 6.10 Å². The molecule has 0 saturated heterocycles. The third-order valence-electron chi connectivity index (χ3n) is 3.37. The van der Waals surface area contributed by atoms with Crippen molar-refractivity contribution in [2.24, 2.45) is 0 Å². The van der Waals surface area contributed by atoms with E-state index in [0.29, 0.717) is 0 Å². The number of aryl methyl sites for hydroxylation is 1. The summed E-state index contributed by atoms with van der Waals surface area (Å²) in [6.45, 7) is 6.90. The smallest absolute Gasteiger partial charge is 0.0762 e. The summed E-state index contributed by atoms with van der Waals surface area (Å²) >= 11 is 3.62. The van der Waals surface area contributed by atoms with Crippen LogP contribution in [0.3, 0.4) is 0 Å². The van der Waals surface area contributed by atoms with Crippen molar-refractivity contribution in [3.63, 3.8) is 0 Å². The third-order valence-corrected chi connectivity index (χ3v) is 4.01. The second-order valence-corrected chi connectivity index (χ2v) is 5.82. The zero-order valence-electron chi connectivity index (χ0n) is 12.1. The molecule has 106 valence electrons. The van der Waals surface area contributed by atoms with Crippen LogP contribution in [0.15, 0.2) is 46.9 Å². The molecule has 0 saturated carbocycles. The third kappa shape index (κ3) is 3.22. The normalized spacial score (nSPS) is 12.2. The van der Waals surface area contributed by atoms with Crippen LogP contribution in [0, 0.1) is 6.92 Å². The predicted octanol–water partition coefficient (Wildman–Crippen LogP) is 4.97. The number of hydrogen-bond acceptors (Lipinski definition) is 2. The highest BCUT2D eigenvalue weighted by Crippen LogP contribution is 2.34. The first-order chi connectivity index (χ1) is 9.52. The monoisotopic (exact) mass is 333 g/mol. The van der Waals surface area contributed by atoms with Gasteiger partial charge in [0, 0.05) is 16.7 Å². The first-order valence-electron chi connectivity index (χ1n) is 6.84. The summed E-state index contributed by atoms with van der Waals surface area (Å²) in [7, 11) is 0. The maximum Gasteiger partial charge on any atom is 0.0762 e. The number of anilines is 2. The van der Waals surface area contributed by atoms with Crippen LogP contribution in [0.1, 0.15) is 31.1 Å². The summed E-state index contributed by atoms with van der Waals surface area (Å²) in [5.41, 5.74) is 4.46. The number of benzene rings is 2. The first kappa shape index (κ1) is 15.1. The van der Waals surface area contributed by atoms with Crippen LogP contribution in [0.5, 0.6) is 0 Å². The van der Waals surface area contributed by atoms with Gasteiger partial charge >= 0.3 is 0 Å². The zero-order chi connectivity index (χ0) is 14.7. The van der Waals surface area contributed by atoms with Crippen molar-refractivity contribution in [1.82, 2.24) is 0 Å². The van der Waals surface area contributed by atoms with Crippen LogP contribution < -0.4 is 4.90 Å². The van der Waals surface area contributed by atoms with E-state index in [1.54, 1.807) is 6.92 Å². The van der Waals surface area contributed by atoms with Crippen molar-refractivity contribution < 1.29 is 5.11 Å². The number of aliphatic hydroxyl groups is 1. The molecule has 0 aliphatic heterocycles. The summed E-state index contributed by atoms with van der Waals surface area (Å²) in [6, 6.07) is 14.5. The molecule has 0 radical (unpaired) electrons. The molecule has 2 aromatic carbocycles. The summed E-state index contributed by atoms with van der Waals surface area (Å²) in [5.74, 6) is 0. The number of nitrogens with zero attached hydrogens (tertiary/aromatic N) is 1. The molecule has 0 aliphatic rings. The Labute approximate surface area is 129 Å². The van der Waals surface area contributed by atoms with E-state index in [1.165, 1.54) is 11.3 Å². The largest absolute Gasteiger partial charge is 0.389 e. The molecule has 0 aromatic heterocycles. The molecule has 0 heterocycles. The molecule has 2 nitrogen and oxygen atoms in total. The van der Waals surface area contributed by atoms with Crippen molar-refractivity contribution in [3.8, 4) is 0 Å². The molecule has 3 heteroatoms. The minimum atomic E-state index is -0.450. The fourth-order valence-corrected chi connectivity index (χ4v) is 2.90. The van der Waals surface area contributed by atoms with Crippen molar-refractivity contribution in [1.29, 1.82) is 0 Å². The van der Waals surface area contributed by atoms with Gasteiger partial charge in [0.15, 0.2) is 0 Å². The van der Waals surface area contributed by atoms with Gasteiger partial charge in [0.05, 0.1) is 11.8 Å². The van der Waals surface area contributed by atoms with Gasteiger partial charge in [-0.05, 0) is 72.1 Å². The lowest BCUT2D eigenvalue weighted by atomic mass is 10.1. The molecule has 2 aromatic rings. The van der Waals surface area contributed by atoms with Crippen LogP contribution >= 0.6 is 15.9 Å². The lowest BCUT2D eigenvalue weighted by Gasteiger charge is -2.25. The number of halogens is 1.